The summed E-state index contributed by atoms with van der Waals surface area (Å²) < 4.78 is 10.7. The summed E-state index contributed by atoms with van der Waals surface area (Å²) in [5, 5.41) is 6.58. The Morgan fingerprint density at radius 2 is 1.96 bits per heavy atom. The molecule has 0 unspecified atom stereocenters. The molecule has 0 spiro atoms. The number of aliphatic imine (C=N–C) groups is 1. The van der Waals surface area contributed by atoms with E-state index in [2.05, 4.69) is 20.6 Å². The normalized spacial score (nSPS) is 10.7. The molecular weight excluding hydrogens is 443 g/mol. The smallest absolute Gasteiger partial charge is 0.213 e. The second-order valence-electron chi connectivity index (χ2n) is 5.34. The van der Waals surface area contributed by atoms with E-state index in [0.717, 1.165) is 29.4 Å². The minimum Gasteiger partial charge on any atom is -0.497 e. The fraction of sp³-hybridized carbons (Fsp3) is 0.368. The highest BCUT2D eigenvalue weighted by Crippen LogP contribution is 2.13. The Bertz CT molecular complexity index is 695. The summed E-state index contributed by atoms with van der Waals surface area (Å²) in [6.45, 7) is 6.61. The number of halogens is 1. The third-order valence-electron chi connectivity index (χ3n) is 3.45. The number of nitrogens with zero attached hydrogens (tertiary/aromatic N) is 2. The van der Waals surface area contributed by atoms with Gasteiger partial charge in [-0.2, -0.15) is 0 Å². The van der Waals surface area contributed by atoms with E-state index in [1.807, 2.05) is 50.2 Å². The summed E-state index contributed by atoms with van der Waals surface area (Å²) in [6.07, 6.45) is 1.75. The van der Waals surface area contributed by atoms with Gasteiger partial charge in [0, 0.05) is 25.4 Å². The first-order chi connectivity index (χ1) is 12.2. The number of benzene rings is 1. The highest BCUT2D eigenvalue weighted by molar-refractivity contribution is 14.0. The van der Waals surface area contributed by atoms with Crippen molar-refractivity contribution in [3.8, 4) is 11.6 Å². The second-order valence-corrected chi connectivity index (χ2v) is 5.34. The number of aromatic nitrogens is 1. The van der Waals surface area contributed by atoms with Crippen molar-refractivity contribution in [2.45, 2.75) is 26.9 Å². The van der Waals surface area contributed by atoms with Crippen LogP contribution in [-0.2, 0) is 13.1 Å². The van der Waals surface area contributed by atoms with Crippen LogP contribution in [0.15, 0.2) is 47.6 Å². The number of rotatable bonds is 8. The molecule has 2 rings (SSSR count). The topological polar surface area (TPSA) is 67.8 Å². The SMILES string of the molecule is CCNC(=NCc1cccc(OC)c1)NCc1ccnc(OCC)c1.I. The lowest BCUT2D eigenvalue weighted by Crippen LogP contribution is -2.36. The van der Waals surface area contributed by atoms with Crippen LogP contribution in [0.2, 0.25) is 0 Å². The number of methoxy groups -OCH3 is 1. The first-order valence-corrected chi connectivity index (χ1v) is 8.48. The number of nitrogens with one attached hydrogen (secondary N) is 2. The molecule has 2 N–H and O–H groups in total. The zero-order chi connectivity index (χ0) is 17.9. The summed E-state index contributed by atoms with van der Waals surface area (Å²) in [4.78, 5) is 8.80. The van der Waals surface area contributed by atoms with Crippen LogP contribution in [0, 0.1) is 0 Å². The van der Waals surface area contributed by atoms with Gasteiger partial charge in [0.1, 0.15) is 5.75 Å². The molecular formula is C19H27IN4O2. The summed E-state index contributed by atoms with van der Waals surface area (Å²) in [6, 6.07) is 11.8. The van der Waals surface area contributed by atoms with Crippen molar-refractivity contribution in [3.63, 3.8) is 0 Å². The number of pyridine rings is 1. The predicted octanol–water partition coefficient (Wildman–Crippen LogP) is 3.36. The summed E-state index contributed by atoms with van der Waals surface area (Å²) in [7, 11) is 1.67. The van der Waals surface area contributed by atoms with Crippen LogP contribution >= 0.6 is 24.0 Å². The van der Waals surface area contributed by atoms with E-state index in [1.54, 1.807) is 13.3 Å². The van der Waals surface area contributed by atoms with Crippen molar-refractivity contribution in [2.75, 3.05) is 20.3 Å². The van der Waals surface area contributed by atoms with Gasteiger partial charge in [-0.05, 0) is 43.2 Å². The van der Waals surface area contributed by atoms with Crippen LogP contribution in [0.5, 0.6) is 11.6 Å². The Morgan fingerprint density at radius 1 is 1.12 bits per heavy atom. The molecule has 1 aromatic carbocycles. The summed E-state index contributed by atoms with van der Waals surface area (Å²) in [5.74, 6) is 2.24. The maximum Gasteiger partial charge on any atom is 0.213 e. The van der Waals surface area contributed by atoms with Gasteiger partial charge in [0.15, 0.2) is 5.96 Å². The molecule has 0 fully saturated rings. The molecule has 0 aliphatic rings. The average Bonchev–Trinajstić information content (AvgIpc) is 2.65. The van der Waals surface area contributed by atoms with Gasteiger partial charge < -0.3 is 20.1 Å². The van der Waals surface area contributed by atoms with Gasteiger partial charge in [-0.25, -0.2) is 9.98 Å². The van der Waals surface area contributed by atoms with Crippen molar-refractivity contribution >= 4 is 29.9 Å². The van der Waals surface area contributed by atoms with Crippen LogP contribution in [0.1, 0.15) is 25.0 Å². The van der Waals surface area contributed by atoms with Crippen molar-refractivity contribution in [1.82, 2.24) is 15.6 Å². The van der Waals surface area contributed by atoms with E-state index in [4.69, 9.17) is 9.47 Å². The molecule has 142 valence electrons. The largest absolute Gasteiger partial charge is 0.497 e. The van der Waals surface area contributed by atoms with Crippen LogP contribution < -0.4 is 20.1 Å². The van der Waals surface area contributed by atoms with Gasteiger partial charge in [0.05, 0.1) is 20.3 Å². The van der Waals surface area contributed by atoms with E-state index in [0.29, 0.717) is 25.6 Å². The molecule has 0 saturated heterocycles. The standard InChI is InChI=1S/C19H26N4O2.HI/c1-4-20-19(22-13-15-7-6-8-17(11-15)24-3)23-14-16-9-10-21-18(12-16)25-5-2;/h6-12H,4-5,13-14H2,1-3H3,(H2,20,22,23);1H. The lowest BCUT2D eigenvalue weighted by molar-refractivity contribution is 0.326. The molecule has 26 heavy (non-hydrogen) atoms. The van der Waals surface area contributed by atoms with Gasteiger partial charge in [0.25, 0.3) is 0 Å². The fourth-order valence-electron chi connectivity index (χ4n) is 2.26. The van der Waals surface area contributed by atoms with E-state index in [9.17, 15) is 0 Å². The Morgan fingerprint density at radius 3 is 2.69 bits per heavy atom. The Labute approximate surface area is 172 Å². The summed E-state index contributed by atoms with van der Waals surface area (Å²) >= 11 is 0. The third-order valence-corrected chi connectivity index (χ3v) is 3.45. The predicted molar refractivity (Wildman–Crippen MR) is 115 cm³/mol. The molecule has 0 saturated carbocycles. The van der Waals surface area contributed by atoms with Gasteiger partial charge >= 0.3 is 0 Å². The van der Waals surface area contributed by atoms with E-state index in [-0.39, 0.29) is 24.0 Å². The Kier molecular flexibility index (Phi) is 10.5. The van der Waals surface area contributed by atoms with Gasteiger partial charge in [-0.1, -0.05) is 12.1 Å². The minimum atomic E-state index is 0. The molecule has 6 nitrogen and oxygen atoms in total. The molecule has 2 aromatic rings. The third kappa shape index (κ3) is 7.47. The van der Waals surface area contributed by atoms with Crippen LogP contribution in [0.25, 0.3) is 0 Å². The van der Waals surface area contributed by atoms with Gasteiger partial charge in [0.2, 0.25) is 5.88 Å². The molecule has 0 aliphatic carbocycles. The van der Waals surface area contributed by atoms with E-state index >= 15 is 0 Å². The van der Waals surface area contributed by atoms with Crippen molar-refractivity contribution in [3.05, 3.63) is 53.7 Å². The highest BCUT2D eigenvalue weighted by atomic mass is 127. The molecule has 7 heteroatoms. The molecule has 0 radical (unpaired) electrons. The lowest BCUT2D eigenvalue weighted by Gasteiger charge is -2.12. The lowest BCUT2D eigenvalue weighted by atomic mass is 10.2. The van der Waals surface area contributed by atoms with Crippen LogP contribution in [0.4, 0.5) is 0 Å². The molecule has 1 aromatic heterocycles. The second kappa shape index (κ2) is 12.3. The monoisotopic (exact) mass is 470 g/mol. The van der Waals surface area contributed by atoms with Crippen molar-refractivity contribution < 1.29 is 9.47 Å². The minimum absolute atomic E-state index is 0. The highest BCUT2D eigenvalue weighted by Gasteiger charge is 2.02. The Hall–Kier alpha value is -2.03. The molecule has 0 atom stereocenters. The molecule has 0 bridgehead atoms. The van der Waals surface area contributed by atoms with Gasteiger partial charge in [-0.15, -0.1) is 24.0 Å². The first-order valence-electron chi connectivity index (χ1n) is 8.48. The van der Waals surface area contributed by atoms with Crippen molar-refractivity contribution in [1.29, 1.82) is 0 Å². The number of guanidine groups is 1. The molecule has 1 heterocycles. The number of ether oxygens (including phenoxy) is 2. The van der Waals surface area contributed by atoms with Crippen molar-refractivity contribution in [2.24, 2.45) is 4.99 Å². The zero-order valence-corrected chi connectivity index (χ0v) is 17.8. The Balaban J connectivity index is 0.00000338. The summed E-state index contributed by atoms with van der Waals surface area (Å²) in [5.41, 5.74) is 2.18. The zero-order valence-electron chi connectivity index (χ0n) is 15.5. The molecule has 0 amide bonds. The maximum absolute atomic E-state index is 5.43. The molecule has 0 aliphatic heterocycles. The van der Waals surface area contributed by atoms with Gasteiger partial charge in [-0.3, -0.25) is 0 Å². The maximum atomic E-state index is 5.43. The average molecular weight is 470 g/mol. The number of hydrogen-bond donors (Lipinski definition) is 2. The fourth-order valence-corrected chi connectivity index (χ4v) is 2.26. The quantitative estimate of drug-likeness (QED) is 0.352. The van der Waals surface area contributed by atoms with E-state index < -0.39 is 0 Å². The van der Waals surface area contributed by atoms with Crippen LogP contribution in [0.3, 0.4) is 0 Å². The first kappa shape index (κ1) is 22.0. The number of hydrogen-bond acceptors (Lipinski definition) is 4. The van der Waals surface area contributed by atoms with E-state index in [1.165, 1.54) is 0 Å². The van der Waals surface area contributed by atoms with Crippen LogP contribution in [-0.4, -0.2) is 31.2 Å².